The van der Waals surface area contributed by atoms with Crippen LogP contribution in [0.4, 0.5) is 5.69 Å². The number of hydrogen-bond acceptors (Lipinski definition) is 4. The number of esters is 1. The van der Waals surface area contributed by atoms with Crippen molar-refractivity contribution in [2.24, 2.45) is 7.05 Å². The van der Waals surface area contributed by atoms with E-state index < -0.39 is 6.04 Å². The number of aromatic nitrogens is 2. The number of hydrogen-bond donors (Lipinski definition) is 1. The number of allylic oxidation sites excluding steroid dienone is 1. The summed E-state index contributed by atoms with van der Waals surface area (Å²) in [5, 5.41) is 7.98. The van der Waals surface area contributed by atoms with Gasteiger partial charge in [0.05, 0.1) is 24.9 Å². The van der Waals surface area contributed by atoms with Gasteiger partial charge in [-0.05, 0) is 43.8 Å². The molecule has 1 N–H and O–H groups in total. The summed E-state index contributed by atoms with van der Waals surface area (Å²) in [7, 11) is 3.21. The number of aryl methyl sites for hydroxylation is 2. The van der Waals surface area contributed by atoms with E-state index in [9.17, 15) is 4.79 Å². The van der Waals surface area contributed by atoms with Crippen LogP contribution in [-0.4, -0.2) is 28.0 Å². The minimum atomic E-state index is -0.394. The molecule has 7 heteroatoms. The number of thiocarbonyl (C=S) groups is 1. The molecule has 0 aliphatic carbocycles. The van der Waals surface area contributed by atoms with Gasteiger partial charge in [0.2, 0.25) is 0 Å². The Morgan fingerprint density at radius 3 is 2.72 bits per heavy atom. The smallest absolute Gasteiger partial charge is 0.337 e. The van der Waals surface area contributed by atoms with E-state index in [-0.39, 0.29) is 5.97 Å². The standard InChI is InChI=1S/C18H20N4O2S/c1-11-6-5-7-14(8-11)22-12(2)15(17(23)24-4)16(20-18(22)25)13-9-19-21(3)10-13/h5-10,16H,1-4H3,(H,20,25). The Morgan fingerprint density at radius 1 is 1.36 bits per heavy atom. The molecule has 1 aromatic heterocycles. The van der Waals surface area contributed by atoms with E-state index in [4.69, 9.17) is 17.0 Å². The fraction of sp³-hybridized carbons (Fsp3) is 0.278. The molecule has 0 amide bonds. The van der Waals surface area contributed by atoms with Crippen LogP contribution in [0.1, 0.15) is 24.1 Å². The molecule has 0 bridgehead atoms. The van der Waals surface area contributed by atoms with Crippen LogP contribution in [0.3, 0.4) is 0 Å². The Kier molecular flexibility index (Phi) is 4.59. The molecule has 3 rings (SSSR count). The van der Waals surface area contributed by atoms with Crippen LogP contribution in [0.2, 0.25) is 0 Å². The number of anilines is 1. The zero-order valence-electron chi connectivity index (χ0n) is 14.6. The maximum absolute atomic E-state index is 12.5. The van der Waals surface area contributed by atoms with E-state index in [0.29, 0.717) is 10.7 Å². The summed E-state index contributed by atoms with van der Waals surface area (Å²) >= 11 is 5.59. The van der Waals surface area contributed by atoms with Gasteiger partial charge in [-0.25, -0.2) is 4.79 Å². The highest BCUT2D eigenvalue weighted by Crippen LogP contribution is 2.34. The Hall–Kier alpha value is -2.67. The highest BCUT2D eigenvalue weighted by Gasteiger charge is 2.35. The molecule has 0 radical (unpaired) electrons. The minimum Gasteiger partial charge on any atom is -0.466 e. The van der Waals surface area contributed by atoms with Crippen LogP contribution in [0.25, 0.3) is 0 Å². The second kappa shape index (κ2) is 6.68. The molecular formula is C18H20N4O2S. The van der Waals surface area contributed by atoms with Crippen molar-refractivity contribution in [1.29, 1.82) is 0 Å². The van der Waals surface area contributed by atoms with E-state index in [1.165, 1.54) is 7.11 Å². The summed E-state index contributed by atoms with van der Waals surface area (Å²) in [6, 6.07) is 7.57. The zero-order chi connectivity index (χ0) is 18.1. The molecule has 2 aromatic rings. The molecule has 0 saturated heterocycles. The first-order valence-electron chi connectivity index (χ1n) is 7.87. The fourth-order valence-electron chi connectivity index (χ4n) is 3.03. The van der Waals surface area contributed by atoms with Gasteiger partial charge in [-0.15, -0.1) is 0 Å². The van der Waals surface area contributed by atoms with Gasteiger partial charge in [0.1, 0.15) is 0 Å². The molecular weight excluding hydrogens is 336 g/mol. The average molecular weight is 356 g/mol. The summed E-state index contributed by atoms with van der Waals surface area (Å²) < 4.78 is 6.72. The predicted octanol–water partition coefficient (Wildman–Crippen LogP) is 2.61. The summed E-state index contributed by atoms with van der Waals surface area (Å²) in [5.41, 5.74) is 4.14. The van der Waals surface area contributed by atoms with Gasteiger partial charge in [0, 0.05) is 30.2 Å². The predicted molar refractivity (Wildman–Crippen MR) is 100 cm³/mol. The molecule has 25 heavy (non-hydrogen) atoms. The van der Waals surface area contributed by atoms with Crippen LogP contribution < -0.4 is 10.2 Å². The van der Waals surface area contributed by atoms with E-state index >= 15 is 0 Å². The summed E-state index contributed by atoms with van der Waals surface area (Å²) in [6.07, 6.45) is 3.58. The van der Waals surface area contributed by atoms with Crippen molar-refractivity contribution in [2.75, 3.05) is 12.0 Å². The molecule has 0 spiro atoms. The topological polar surface area (TPSA) is 59.4 Å². The second-order valence-electron chi connectivity index (χ2n) is 5.99. The van der Waals surface area contributed by atoms with Crippen LogP contribution in [0.5, 0.6) is 0 Å². The molecule has 1 aliphatic heterocycles. The van der Waals surface area contributed by atoms with Gasteiger partial charge in [-0.3, -0.25) is 9.58 Å². The monoisotopic (exact) mass is 356 g/mol. The number of rotatable bonds is 3. The SMILES string of the molecule is COC(=O)C1=C(C)N(c2cccc(C)c2)C(=S)NC1c1cnn(C)c1. The van der Waals surface area contributed by atoms with Crippen molar-refractivity contribution in [2.45, 2.75) is 19.9 Å². The first kappa shape index (κ1) is 17.2. The van der Waals surface area contributed by atoms with E-state index in [2.05, 4.69) is 10.4 Å². The van der Waals surface area contributed by atoms with Crippen molar-refractivity contribution in [3.05, 3.63) is 59.1 Å². The van der Waals surface area contributed by atoms with Crippen molar-refractivity contribution in [1.82, 2.24) is 15.1 Å². The quantitative estimate of drug-likeness (QED) is 0.674. The Labute approximate surface area is 152 Å². The number of carbonyl (C=O) groups excluding carboxylic acids is 1. The third kappa shape index (κ3) is 3.15. The lowest BCUT2D eigenvalue weighted by Gasteiger charge is -2.37. The first-order valence-corrected chi connectivity index (χ1v) is 8.28. The first-order chi connectivity index (χ1) is 11.9. The van der Waals surface area contributed by atoms with Crippen LogP contribution >= 0.6 is 12.2 Å². The molecule has 6 nitrogen and oxygen atoms in total. The summed E-state index contributed by atoms with van der Waals surface area (Å²) in [6.45, 7) is 3.90. The highest BCUT2D eigenvalue weighted by molar-refractivity contribution is 7.80. The molecule has 0 fully saturated rings. The Bertz CT molecular complexity index is 871. The maximum Gasteiger partial charge on any atom is 0.337 e. The second-order valence-corrected chi connectivity index (χ2v) is 6.38. The number of nitrogens with zero attached hydrogens (tertiary/aromatic N) is 3. The molecule has 1 aromatic carbocycles. The fourth-order valence-corrected chi connectivity index (χ4v) is 3.39. The summed E-state index contributed by atoms with van der Waals surface area (Å²) in [4.78, 5) is 14.4. The molecule has 1 aliphatic rings. The molecule has 130 valence electrons. The minimum absolute atomic E-state index is 0.390. The maximum atomic E-state index is 12.5. The van der Waals surface area contributed by atoms with Crippen molar-refractivity contribution in [3.8, 4) is 0 Å². The van der Waals surface area contributed by atoms with Gasteiger partial charge in [-0.2, -0.15) is 5.10 Å². The van der Waals surface area contributed by atoms with Crippen LogP contribution in [-0.2, 0) is 16.6 Å². The number of ether oxygens (including phenoxy) is 1. The van der Waals surface area contributed by atoms with Gasteiger partial charge in [0.15, 0.2) is 5.11 Å². The van der Waals surface area contributed by atoms with Crippen molar-refractivity contribution in [3.63, 3.8) is 0 Å². The van der Waals surface area contributed by atoms with Gasteiger partial charge >= 0.3 is 5.97 Å². The number of nitrogens with one attached hydrogen (secondary N) is 1. The van der Waals surface area contributed by atoms with E-state index in [0.717, 1.165) is 22.5 Å². The Morgan fingerprint density at radius 2 is 2.12 bits per heavy atom. The third-order valence-corrected chi connectivity index (χ3v) is 4.51. The zero-order valence-corrected chi connectivity index (χ0v) is 15.4. The van der Waals surface area contributed by atoms with Gasteiger partial charge < -0.3 is 10.1 Å². The van der Waals surface area contributed by atoms with Gasteiger partial charge in [0.25, 0.3) is 0 Å². The molecule has 2 heterocycles. The molecule has 1 atom stereocenters. The number of benzene rings is 1. The van der Waals surface area contributed by atoms with Crippen molar-refractivity contribution < 1.29 is 9.53 Å². The van der Waals surface area contributed by atoms with Crippen molar-refractivity contribution >= 4 is 29.0 Å². The Balaban J connectivity index is 2.14. The van der Waals surface area contributed by atoms with Crippen LogP contribution in [0.15, 0.2) is 47.9 Å². The molecule has 1 unspecified atom stereocenters. The normalized spacial score (nSPS) is 17.5. The number of methoxy groups -OCH3 is 1. The van der Waals surface area contributed by atoms with E-state index in [1.54, 1.807) is 10.9 Å². The lowest BCUT2D eigenvalue weighted by Crippen LogP contribution is -2.48. The lowest BCUT2D eigenvalue weighted by atomic mass is 9.97. The average Bonchev–Trinajstić information content (AvgIpc) is 3.00. The lowest BCUT2D eigenvalue weighted by molar-refractivity contribution is -0.136. The number of carbonyl (C=O) groups is 1. The van der Waals surface area contributed by atoms with E-state index in [1.807, 2.05) is 56.3 Å². The summed E-state index contributed by atoms with van der Waals surface area (Å²) in [5.74, 6) is -0.390. The van der Waals surface area contributed by atoms with Gasteiger partial charge in [-0.1, -0.05) is 12.1 Å². The molecule has 0 saturated carbocycles. The third-order valence-electron chi connectivity index (χ3n) is 4.21. The van der Waals surface area contributed by atoms with Crippen LogP contribution in [0, 0.1) is 6.92 Å². The largest absolute Gasteiger partial charge is 0.466 e. The highest BCUT2D eigenvalue weighted by atomic mass is 32.1.